The maximum atomic E-state index is 6.26. The lowest BCUT2D eigenvalue weighted by Gasteiger charge is -2.36. The van der Waals surface area contributed by atoms with Crippen LogP contribution in [0.5, 0.6) is 0 Å². The summed E-state index contributed by atoms with van der Waals surface area (Å²) in [6.45, 7) is 15.0. The quantitative estimate of drug-likeness (QED) is 0.107. The van der Waals surface area contributed by atoms with Gasteiger partial charge in [-0.25, -0.2) is 0 Å². The van der Waals surface area contributed by atoms with E-state index >= 15 is 0 Å². The van der Waals surface area contributed by atoms with Crippen molar-refractivity contribution >= 4 is 8.32 Å². The van der Waals surface area contributed by atoms with Crippen molar-refractivity contribution < 1.29 is 4.43 Å². The number of rotatable bonds is 20. The van der Waals surface area contributed by atoms with Gasteiger partial charge in [-0.3, -0.25) is 0 Å². The highest BCUT2D eigenvalue weighted by atomic mass is 28.4. The second-order valence-corrected chi connectivity index (χ2v) is 15.4. The molecule has 0 fully saturated rings. The maximum absolute atomic E-state index is 6.26. The van der Waals surface area contributed by atoms with E-state index in [4.69, 9.17) is 4.43 Å². The van der Waals surface area contributed by atoms with E-state index in [1.54, 1.807) is 0 Å². The Morgan fingerprint density at radius 2 is 0.966 bits per heavy atom. The lowest BCUT2D eigenvalue weighted by molar-refractivity contribution is 0.277. The highest BCUT2D eigenvalue weighted by Gasteiger charge is 2.36. The first-order valence-corrected chi connectivity index (χ1v) is 16.0. The molecular weight excluding hydrogens is 368 g/mol. The Bertz CT molecular complexity index is 367. The van der Waals surface area contributed by atoms with E-state index in [1.807, 2.05) is 0 Å². The van der Waals surface area contributed by atoms with E-state index in [-0.39, 0.29) is 0 Å². The van der Waals surface area contributed by atoms with Gasteiger partial charge in [0.2, 0.25) is 0 Å². The van der Waals surface area contributed by atoms with Crippen molar-refractivity contribution in [3.8, 4) is 0 Å². The molecule has 0 heterocycles. The summed E-state index contributed by atoms with van der Waals surface area (Å²) in [5.74, 6) is 0. The van der Waals surface area contributed by atoms with Gasteiger partial charge in [0.25, 0.3) is 0 Å². The molecular formula is C27H56OSi. The minimum atomic E-state index is -1.52. The van der Waals surface area contributed by atoms with Gasteiger partial charge in [-0.15, -0.1) is 0 Å². The standard InChI is InChI=1S/C27H56OSi/c1-7-8-9-10-11-12-13-14-15-16-17-18-19-20-21-22-23-24-25-26-28-29(5,6)27(2,3)4/h15-16H,7-14,17-26H2,1-6H3/b16-15-. The summed E-state index contributed by atoms with van der Waals surface area (Å²) >= 11 is 0. The van der Waals surface area contributed by atoms with Crippen LogP contribution in [0.2, 0.25) is 18.1 Å². The summed E-state index contributed by atoms with van der Waals surface area (Å²) in [4.78, 5) is 0. The Morgan fingerprint density at radius 3 is 1.38 bits per heavy atom. The Labute approximate surface area is 186 Å². The van der Waals surface area contributed by atoms with Crippen molar-refractivity contribution in [3.63, 3.8) is 0 Å². The van der Waals surface area contributed by atoms with Gasteiger partial charge in [0.15, 0.2) is 8.32 Å². The molecule has 2 heteroatoms. The summed E-state index contributed by atoms with van der Waals surface area (Å²) in [5.41, 5.74) is 0. The molecule has 0 aliphatic heterocycles. The monoisotopic (exact) mass is 424 g/mol. The lowest BCUT2D eigenvalue weighted by atomic mass is 10.1. The molecule has 0 spiro atoms. The van der Waals surface area contributed by atoms with Gasteiger partial charge in [-0.05, 0) is 50.2 Å². The first-order valence-electron chi connectivity index (χ1n) is 13.1. The van der Waals surface area contributed by atoms with E-state index in [0.717, 1.165) is 6.61 Å². The number of allylic oxidation sites excluding steroid dienone is 2. The predicted molar refractivity (Wildman–Crippen MR) is 136 cm³/mol. The van der Waals surface area contributed by atoms with Gasteiger partial charge < -0.3 is 4.43 Å². The topological polar surface area (TPSA) is 9.23 Å². The van der Waals surface area contributed by atoms with Crippen molar-refractivity contribution in [1.29, 1.82) is 0 Å². The van der Waals surface area contributed by atoms with E-state index in [9.17, 15) is 0 Å². The van der Waals surface area contributed by atoms with Crippen LogP contribution in [0.3, 0.4) is 0 Å². The van der Waals surface area contributed by atoms with Crippen molar-refractivity contribution in [2.75, 3.05) is 6.61 Å². The number of hydrogen-bond donors (Lipinski definition) is 0. The fraction of sp³-hybridized carbons (Fsp3) is 0.926. The van der Waals surface area contributed by atoms with Gasteiger partial charge >= 0.3 is 0 Å². The van der Waals surface area contributed by atoms with E-state index < -0.39 is 8.32 Å². The molecule has 0 saturated carbocycles. The van der Waals surface area contributed by atoms with E-state index in [0.29, 0.717) is 5.04 Å². The zero-order valence-electron chi connectivity index (χ0n) is 21.3. The largest absolute Gasteiger partial charge is 0.417 e. The van der Waals surface area contributed by atoms with Crippen LogP contribution < -0.4 is 0 Å². The van der Waals surface area contributed by atoms with Crippen molar-refractivity contribution in [3.05, 3.63) is 12.2 Å². The third-order valence-corrected chi connectivity index (χ3v) is 11.2. The van der Waals surface area contributed by atoms with Crippen LogP contribution in [-0.4, -0.2) is 14.9 Å². The molecule has 0 radical (unpaired) electrons. The molecule has 0 atom stereocenters. The molecule has 0 rings (SSSR count). The van der Waals surface area contributed by atoms with Crippen molar-refractivity contribution in [2.45, 2.75) is 155 Å². The first-order chi connectivity index (χ1) is 13.8. The maximum Gasteiger partial charge on any atom is 0.191 e. The molecule has 174 valence electrons. The number of hydrogen-bond acceptors (Lipinski definition) is 1. The van der Waals surface area contributed by atoms with Crippen LogP contribution in [0.15, 0.2) is 12.2 Å². The van der Waals surface area contributed by atoms with Gasteiger partial charge in [-0.2, -0.15) is 0 Å². The molecule has 1 nitrogen and oxygen atoms in total. The van der Waals surface area contributed by atoms with Gasteiger partial charge in [0, 0.05) is 6.61 Å². The Hall–Kier alpha value is -0.0831. The summed E-state index contributed by atoms with van der Waals surface area (Å²) in [6, 6.07) is 0. The molecule has 0 amide bonds. The Balaban J connectivity index is 3.26. The zero-order valence-corrected chi connectivity index (χ0v) is 22.3. The molecule has 0 aliphatic carbocycles. The summed E-state index contributed by atoms with van der Waals surface area (Å²) in [7, 11) is -1.52. The summed E-state index contributed by atoms with van der Waals surface area (Å²) in [6.07, 6.45) is 28.4. The molecule has 0 unspecified atom stereocenters. The van der Waals surface area contributed by atoms with Crippen molar-refractivity contribution in [2.24, 2.45) is 0 Å². The molecule has 0 aromatic heterocycles. The third kappa shape index (κ3) is 18.4. The molecule has 0 saturated heterocycles. The second-order valence-electron chi connectivity index (χ2n) is 10.6. The molecule has 0 aromatic carbocycles. The molecule has 0 bridgehead atoms. The minimum absolute atomic E-state index is 0.343. The van der Waals surface area contributed by atoms with Crippen LogP contribution in [0.1, 0.15) is 137 Å². The highest BCUT2D eigenvalue weighted by Crippen LogP contribution is 2.36. The SMILES string of the molecule is CCCCCCCCC/C=C\CCCCCCCCCCO[Si](C)(C)C(C)(C)C. The van der Waals surface area contributed by atoms with Crippen LogP contribution in [-0.2, 0) is 4.43 Å². The highest BCUT2D eigenvalue weighted by molar-refractivity contribution is 6.74. The van der Waals surface area contributed by atoms with Gasteiger partial charge in [0.05, 0.1) is 0 Å². The average Bonchev–Trinajstić information content (AvgIpc) is 2.65. The van der Waals surface area contributed by atoms with Crippen LogP contribution in [0.25, 0.3) is 0 Å². The molecule has 0 aliphatic rings. The van der Waals surface area contributed by atoms with E-state index in [1.165, 1.54) is 109 Å². The van der Waals surface area contributed by atoms with Crippen LogP contribution >= 0.6 is 0 Å². The molecule has 29 heavy (non-hydrogen) atoms. The minimum Gasteiger partial charge on any atom is -0.417 e. The summed E-state index contributed by atoms with van der Waals surface area (Å²) < 4.78 is 6.26. The van der Waals surface area contributed by atoms with Gasteiger partial charge in [0.1, 0.15) is 0 Å². The van der Waals surface area contributed by atoms with Crippen LogP contribution in [0, 0.1) is 0 Å². The average molecular weight is 425 g/mol. The summed E-state index contributed by atoms with van der Waals surface area (Å²) in [5, 5.41) is 0.343. The van der Waals surface area contributed by atoms with Gasteiger partial charge in [-0.1, -0.05) is 117 Å². The fourth-order valence-corrected chi connectivity index (χ4v) is 4.51. The molecule has 0 aromatic rings. The normalized spacial score (nSPS) is 12.9. The first kappa shape index (κ1) is 28.9. The van der Waals surface area contributed by atoms with E-state index in [2.05, 4.69) is 52.9 Å². The molecule has 0 N–H and O–H groups in total. The smallest absolute Gasteiger partial charge is 0.191 e. The zero-order chi connectivity index (χ0) is 21.8. The fourth-order valence-electron chi connectivity index (χ4n) is 3.42. The van der Waals surface area contributed by atoms with Crippen molar-refractivity contribution in [1.82, 2.24) is 0 Å². The third-order valence-electron chi connectivity index (χ3n) is 6.68. The predicted octanol–water partition coefficient (Wildman–Crippen LogP) is 10.2. The Morgan fingerprint density at radius 1 is 0.586 bits per heavy atom. The number of unbranched alkanes of at least 4 members (excludes halogenated alkanes) is 15. The van der Waals surface area contributed by atoms with Crippen LogP contribution in [0.4, 0.5) is 0 Å². The Kier molecular flexibility index (Phi) is 18.6. The second kappa shape index (κ2) is 18.7. The lowest BCUT2D eigenvalue weighted by Crippen LogP contribution is -2.40.